The lowest BCUT2D eigenvalue weighted by Crippen LogP contribution is -2.32. The molecule has 1 saturated heterocycles. The van der Waals surface area contributed by atoms with Crippen LogP contribution in [0.5, 0.6) is 11.5 Å². The minimum atomic E-state index is -0.611. The molecular weight excluding hydrogens is 340 g/mol. The molecule has 0 spiro atoms. The molecule has 27 heavy (non-hydrogen) atoms. The molecule has 0 bridgehead atoms. The van der Waals surface area contributed by atoms with Crippen molar-refractivity contribution >= 4 is 17.3 Å². The Balaban J connectivity index is 1.55. The summed E-state index contributed by atoms with van der Waals surface area (Å²) in [5, 5.41) is 2.91. The number of nitrogens with one attached hydrogen (secondary N) is 1. The Morgan fingerprint density at radius 3 is 2.44 bits per heavy atom. The number of rotatable bonds is 6. The van der Waals surface area contributed by atoms with Crippen LogP contribution in [0.1, 0.15) is 26.7 Å². The molecule has 2 aromatic rings. The quantitative estimate of drug-likeness (QED) is 0.824. The van der Waals surface area contributed by atoms with Crippen LogP contribution in [0.15, 0.2) is 48.5 Å². The summed E-state index contributed by atoms with van der Waals surface area (Å²) in [6, 6.07) is 15.3. The van der Waals surface area contributed by atoms with Crippen molar-refractivity contribution in [1.82, 2.24) is 0 Å². The van der Waals surface area contributed by atoms with Crippen molar-refractivity contribution in [3.63, 3.8) is 0 Å². The summed E-state index contributed by atoms with van der Waals surface area (Å²) in [6.07, 6.45) is 1.86. The van der Waals surface area contributed by atoms with Crippen LogP contribution in [0.2, 0.25) is 0 Å². The third-order valence-corrected chi connectivity index (χ3v) is 5.01. The second kappa shape index (κ2) is 8.80. The lowest BCUT2D eigenvalue weighted by molar-refractivity contribution is -0.122. The normalized spacial score (nSPS) is 15.9. The van der Waals surface area contributed by atoms with E-state index in [2.05, 4.69) is 29.3 Å². The maximum Gasteiger partial charge on any atom is 0.265 e. The predicted octanol–water partition coefficient (Wildman–Crippen LogP) is 4.34. The van der Waals surface area contributed by atoms with Crippen molar-refractivity contribution in [3.05, 3.63) is 48.5 Å². The second-order valence-corrected chi connectivity index (χ2v) is 7.14. The van der Waals surface area contributed by atoms with Crippen molar-refractivity contribution in [2.24, 2.45) is 5.92 Å². The molecule has 3 rings (SSSR count). The molecular formula is C22H28N2O3. The fraction of sp³-hybridized carbons (Fsp3) is 0.409. The fourth-order valence-electron chi connectivity index (χ4n) is 3.20. The number of anilines is 2. The van der Waals surface area contributed by atoms with E-state index in [1.807, 2.05) is 24.3 Å². The number of carbonyl (C=O) groups is 1. The third-order valence-electron chi connectivity index (χ3n) is 5.01. The van der Waals surface area contributed by atoms with Crippen LogP contribution < -0.4 is 19.7 Å². The lowest BCUT2D eigenvalue weighted by atomic mass is 9.99. The largest absolute Gasteiger partial charge is 0.497 e. The summed E-state index contributed by atoms with van der Waals surface area (Å²) in [6.45, 7) is 6.24. The summed E-state index contributed by atoms with van der Waals surface area (Å²) in [4.78, 5) is 14.8. The smallest absolute Gasteiger partial charge is 0.265 e. The monoisotopic (exact) mass is 368 g/mol. The minimum absolute atomic E-state index is 0.183. The number of amides is 1. The average Bonchev–Trinajstić information content (AvgIpc) is 2.69. The number of hydrogen-bond acceptors (Lipinski definition) is 4. The topological polar surface area (TPSA) is 50.8 Å². The van der Waals surface area contributed by atoms with Crippen molar-refractivity contribution in [2.45, 2.75) is 32.8 Å². The lowest BCUT2D eigenvalue weighted by Gasteiger charge is -2.32. The highest BCUT2D eigenvalue weighted by Crippen LogP contribution is 2.24. The van der Waals surface area contributed by atoms with E-state index in [0.29, 0.717) is 11.5 Å². The van der Waals surface area contributed by atoms with Crippen LogP contribution in [-0.4, -0.2) is 32.2 Å². The van der Waals surface area contributed by atoms with E-state index in [4.69, 9.17) is 9.47 Å². The Morgan fingerprint density at radius 1 is 1.11 bits per heavy atom. The van der Waals surface area contributed by atoms with Gasteiger partial charge < -0.3 is 19.7 Å². The Kier molecular flexibility index (Phi) is 6.22. The number of carbonyl (C=O) groups excluding carboxylic acids is 1. The van der Waals surface area contributed by atoms with Gasteiger partial charge in [-0.05, 0) is 62.1 Å². The first-order valence-electron chi connectivity index (χ1n) is 9.51. The highest BCUT2D eigenvalue weighted by molar-refractivity contribution is 5.94. The molecule has 1 aliphatic rings. The van der Waals surface area contributed by atoms with Gasteiger partial charge in [0, 0.05) is 30.5 Å². The first-order valence-corrected chi connectivity index (χ1v) is 9.51. The summed E-state index contributed by atoms with van der Waals surface area (Å²) in [5.74, 6) is 1.93. The molecule has 0 radical (unpaired) electrons. The van der Waals surface area contributed by atoms with Gasteiger partial charge in [0.25, 0.3) is 5.91 Å². The van der Waals surface area contributed by atoms with E-state index < -0.39 is 6.10 Å². The van der Waals surface area contributed by atoms with Crippen LogP contribution in [0.4, 0.5) is 11.4 Å². The van der Waals surface area contributed by atoms with Crippen LogP contribution >= 0.6 is 0 Å². The van der Waals surface area contributed by atoms with Gasteiger partial charge in [-0.25, -0.2) is 0 Å². The average molecular weight is 368 g/mol. The summed E-state index contributed by atoms with van der Waals surface area (Å²) < 4.78 is 10.9. The molecule has 1 N–H and O–H groups in total. The van der Waals surface area contributed by atoms with E-state index in [1.54, 1.807) is 26.2 Å². The van der Waals surface area contributed by atoms with Crippen LogP contribution in [0.3, 0.4) is 0 Å². The van der Waals surface area contributed by atoms with E-state index in [1.165, 1.54) is 18.5 Å². The number of benzene rings is 2. The van der Waals surface area contributed by atoms with Gasteiger partial charge in [-0.1, -0.05) is 13.0 Å². The van der Waals surface area contributed by atoms with Crippen molar-refractivity contribution < 1.29 is 14.3 Å². The number of ether oxygens (including phenoxy) is 2. The Hall–Kier alpha value is -2.69. The van der Waals surface area contributed by atoms with Crippen LogP contribution in [0, 0.1) is 5.92 Å². The van der Waals surface area contributed by atoms with E-state index in [0.717, 1.165) is 24.7 Å². The van der Waals surface area contributed by atoms with Crippen molar-refractivity contribution in [1.29, 1.82) is 0 Å². The summed E-state index contributed by atoms with van der Waals surface area (Å²) in [5.41, 5.74) is 1.98. The molecule has 144 valence electrons. The van der Waals surface area contributed by atoms with Crippen LogP contribution in [0.25, 0.3) is 0 Å². The van der Waals surface area contributed by atoms with Gasteiger partial charge >= 0.3 is 0 Å². The van der Waals surface area contributed by atoms with E-state index in [-0.39, 0.29) is 5.91 Å². The molecule has 1 heterocycles. The zero-order valence-electron chi connectivity index (χ0n) is 16.3. The molecule has 1 unspecified atom stereocenters. The van der Waals surface area contributed by atoms with Crippen LogP contribution in [-0.2, 0) is 4.79 Å². The minimum Gasteiger partial charge on any atom is -0.497 e. The first kappa shape index (κ1) is 19.1. The third kappa shape index (κ3) is 5.16. The SMILES string of the molecule is COc1cccc(OC(C)C(=O)Nc2ccc(N3CCC(C)CC3)cc2)c1. The second-order valence-electron chi connectivity index (χ2n) is 7.14. The molecule has 0 aliphatic carbocycles. The maximum atomic E-state index is 12.4. The summed E-state index contributed by atoms with van der Waals surface area (Å²) in [7, 11) is 1.60. The van der Waals surface area contributed by atoms with Crippen molar-refractivity contribution in [3.8, 4) is 11.5 Å². The first-order chi connectivity index (χ1) is 13.0. The standard InChI is InChI=1S/C22H28N2O3/c1-16-11-13-24(14-12-16)19-9-7-18(8-10-19)23-22(25)17(2)27-21-6-4-5-20(15-21)26-3/h4-10,15-17H,11-14H2,1-3H3,(H,23,25). The Labute approximate surface area is 161 Å². The maximum absolute atomic E-state index is 12.4. The van der Waals surface area contributed by atoms with Crippen molar-refractivity contribution in [2.75, 3.05) is 30.4 Å². The van der Waals surface area contributed by atoms with Gasteiger partial charge in [0.05, 0.1) is 7.11 Å². The molecule has 1 atom stereocenters. The van der Waals surface area contributed by atoms with Gasteiger partial charge in [0.2, 0.25) is 0 Å². The zero-order valence-corrected chi connectivity index (χ0v) is 16.3. The summed E-state index contributed by atoms with van der Waals surface area (Å²) >= 11 is 0. The molecule has 0 aromatic heterocycles. The number of piperidine rings is 1. The Morgan fingerprint density at radius 2 is 1.78 bits per heavy atom. The number of nitrogens with zero attached hydrogens (tertiary/aromatic N) is 1. The fourth-order valence-corrected chi connectivity index (χ4v) is 3.20. The van der Waals surface area contributed by atoms with Gasteiger partial charge in [0.1, 0.15) is 11.5 Å². The molecule has 1 amide bonds. The van der Waals surface area contributed by atoms with Gasteiger partial charge in [-0.2, -0.15) is 0 Å². The number of methoxy groups -OCH3 is 1. The van der Waals surface area contributed by atoms with Gasteiger partial charge in [-0.3, -0.25) is 4.79 Å². The molecule has 5 heteroatoms. The highest BCUT2D eigenvalue weighted by Gasteiger charge is 2.17. The molecule has 1 aliphatic heterocycles. The highest BCUT2D eigenvalue weighted by atomic mass is 16.5. The van der Waals surface area contributed by atoms with E-state index >= 15 is 0 Å². The zero-order chi connectivity index (χ0) is 19.2. The molecule has 1 fully saturated rings. The molecule has 2 aromatic carbocycles. The molecule has 0 saturated carbocycles. The van der Waals surface area contributed by atoms with Gasteiger partial charge in [0.15, 0.2) is 6.10 Å². The van der Waals surface area contributed by atoms with E-state index in [9.17, 15) is 4.79 Å². The van der Waals surface area contributed by atoms with Gasteiger partial charge in [-0.15, -0.1) is 0 Å². The Bertz CT molecular complexity index is 752. The molecule has 5 nitrogen and oxygen atoms in total. The predicted molar refractivity (Wildman–Crippen MR) is 109 cm³/mol. The number of hydrogen-bond donors (Lipinski definition) is 1.